The molecule has 8 heteroatoms. The number of piperidine rings is 2. The first kappa shape index (κ1) is 18.6. The maximum Gasteiger partial charge on any atom is 0.319 e. The number of aromatic nitrogens is 2. The van der Waals surface area contributed by atoms with Crippen LogP contribution in [0.1, 0.15) is 72.7 Å². The van der Waals surface area contributed by atoms with Gasteiger partial charge in [0, 0.05) is 50.2 Å². The summed E-state index contributed by atoms with van der Waals surface area (Å²) in [5.74, 6) is 1.97. The van der Waals surface area contributed by atoms with Gasteiger partial charge in [0.1, 0.15) is 17.3 Å². The first-order valence-corrected chi connectivity index (χ1v) is 11.2. The van der Waals surface area contributed by atoms with Crippen LogP contribution >= 0.6 is 0 Å². The molecule has 0 unspecified atom stereocenters. The minimum atomic E-state index is -0.0828. The molecule has 1 aliphatic carbocycles. The molecule has 4 aliphatic rings. The number of carbonyl (C=O) groups excluding carboxylic acids is 2. The van der Waals surface area contributed by atoms with E-state index in [2.05, 4.69) is 15.6 Å². The number of amides is 3. The molecule has 3 fully saturated rings. The standard InChI is InChI=1S/C21H30N6O2/c28-20-17-16(6-9-22-20)19(25-18(24-17)14-4-5-14)23-15-7-12-27(13-8-15)21(29)26-10-2-1-3-11-26/h14-15H,1-13H2,(H,22,28)(H,23,24,25). The van der Waals surface area contributed by atoms with Crippen molar-refractivity contribution >= 4 is 17.8 Å². The second-order valence-corrected chi connectivity index (χ2v) is 8.77. The second-order valence-electron chi connectivity index (χ2n) is 8.77. The van der Waals surface area contributed by atoms with E-state index in [-0.39, 0.29) is 18.0 Å². The average molecular weight is 399 g/mol. The van der Waals surface area contributed by atoms with Crippen LogP contribution in [0.5, 0.6) is 0 Å². The van der Waals surface area contributed by atoms with Crippen LogP contribution in [0.15, 0.2) is 0 Å². The number of anilines is 1. The minimum Gasteiger partial charge on any atom is -0.367 e. The molecule has 0 aromatic carbocycles. The number of nitrogens with zero attached hydrogens (tertiary/aromatic N) is 4. The van der Waals surface area contributed by atoms with Crippen molar-refractivity contribution in [3.8, 4) is 0 Å². The molecular formula is C21H30N6O2. The Morgan fingerprint density at radius 1 is 0.966 bits per heavy atom. The molecule has 5 rings (SSSR count). The molecule has 1 saturated carbocycles. The molecule has 29 heavy (non-hydrogen) atoms. The van der Waals surface area contributed by atoms with E-state index in [0.717, 1.165) is 88.3 Å². The molecule has 4 heterocycles. The van der Waals surface area contributed by atoms with Gasteiger partial charge in [-0.2, -0.15) is 0 Å². The predicted octanol–water partition coefficient (Wildman–Crippen LogP) is 2.12. The number of nitrogens with one attached hydrogen (secondary N) is 2. The lowest BCUT2D eigenvalue weighted by molar-refractivity contribution is 0.0939. The van der Waals surface area contributed by atoms with Crippen LogP contribution in [-0.4, -0.2) is 70.5 Å². The van der Waals surface area contributed by atoms with Crippen molar-refractivity contribution in [3.63, 3.8) is 0 Å². The molecule has 0 spiro atoms. The largest absolute Gasteiger partial charge is 0.367 e. The van der Waals surface area contributed by atoms with Gasteiger partial charge in [-0.05, 0) is 51.4 Å². The highest BCUT2D eigenvalue weighted by Crippen LogP contribution is 2.39. The SMILES string of the molecule is O=C1NCCc2c(NC3CCN(C(=O)N4CCCCC4)CC3)nc(C3CC3)nc21. The zero-order valence-corrected chi connectivity index (χ0v) is 17.0. The summed E-state index contributed by atoms with van der Waals surface area (Å²) in [5, 5.41) is 6.51. The Hall–Kier alpha value is -2.38. The summed E-state index contributed by atoms with van der Waals surface area (Å²) >= 11 is 0. The highest BCUT2D eigenvalue weighted by Gasteiger charge is 2.33. The van der Waals surface area contributed by atoms with Crippen molar-refractivity contribution in [1.29, 1.82) is 0 Å². The third kappa shape index (κ3) is 3.89. The number of urea groups is 1. The fraction of sp³-hybridized carbons (Fsp3) is 0.714. The van der Waals surface area contributed by atoms with Crippen LogP contribution in [0.25, 0.3) is 0 Å². The molecule has 0 radical (unpaired) electrons. The van der Waals surface area contributed by atoms with Crippen LogP contribution in [0.4, 0.5) is 10.6 Å². The maximum atomic E-state index is 12.7. The number of rotatable bonds is 3. The fourth-order valence-electron chi connectivity index (χ4n) is 4.65. The third-order valence-electron chi connectivity index (χ3n) is 6.58. The Labute approximate surface area is 171 Å². The van der Waals surface area contributed by atoms with Crippen molar-refractivity contribution < 1.29 is 9.59 Å². The maximum absolute atomic E-state index is 12.7. The van der Waals surface area contributed by atoms with Crippen LogP contribution in [0.3, 0.4) is 0 Å². The zero-order chi connectivity index (χ0) is 19.8. The molecule has 0 atom stereocenters. The van der Waals surface area contributed by atoms with E-state index in [0.29, 0.717) is 18.2 Å². The predicted molar refractivity (Wildman–Crippen MR) is 109 cm³/mol. The van der Waals surface area contributed by atoms with Crippen LogP contribution < -0.4 is 10.6 Å². The Kier molecular flexibility index (Phi) is 5.01. The van der Waals surface area contributed by atoms with Gasteiger partial charge in [-0.15, -0.1) is 0 Å². The van der Waals surface area contributed by atoms with Gasteiger partial charge in [0.25, 0.3) is 5.91 Å². The molecule has 3 aliphatic heterocycles. The van der Waals surface area contributed by atoms with E-state index in [1.54, 1.807) is 0 Å². The Morgan fingerprint density at radius 3 is 2.41 bits per heavy atom. The molecular weight excluding hydrogens is 368 g/mol. The highest BCUT2D eigenvalue weighted by molar-refractivity contribution is 5.96. The number of fused-ring (bicyclic) bond motifs is 1. The molecule has 3 amide bonds. The monoisotopic (exact) mass is 398 g/mol. The molecule has 156 valence electrons. The number of hydrogen-bond donors (Lipinski definition) is 2. The van der Waals surface area contributed by atoms with Gasteiger partial charge in [-0.3, -0.25) is 4.79 Å². The summed E-state index contributed by atoms with van der Waals surface area (Å²) in [6, 6.07) is 0.478. The van der Waals surface area contributed by atoms with Crippen molar-refractivity contribution in [3.05, 3.63) is 17.1 Å². The molecule has 2 saturated heterocycles. The Balaban J connectivity index is 1.26. The van der Waals surface area contributed by atoms with Gasteiger partial charge >= 0.3 is 6.03 Å². The van der Waals surface area contributed by atoms with Gasteiger partial charge in [0.15, 0.2) is 0 Å². The smallest absolute Gasteiger partial charge is 0.319 e. The van der Waals surface area contributed by atoms with E-state index in [4.69, 9.17) is 4.98 Å². The fourth-order valence-corrected chi connectivity index (χ4v) is 4.65. The highest BCUT2D eigenvalue weighted by atomic mass is 16.2. The van der Waals surface area contributed by atoms with Crippen molar-refractivity contribution in [1.82, 2.24) is 25.1 Å². The van der Waals surface area contributed by atoms with Crippen LogP contribution in [0.2, 0.25) is 0 Å². The van der Waals surface area contributed by atoms with Gasteiger partial charge in [-0.1, -0.05) is 0 Å². The number of carbonyl (C=O) groups is 2. The molecule has 2 N–H and O–H groups in total. The van der Waals surface area contributed by atoms with Crippen LogP contribution in [-0.2, 0) is 6.42 Å². The summed E-state index contributed by atoms with van der Waals surface area (Å²) in [7, 11) is 0. The van der Waals surface area contributed by atoms with Gasteiger partial charge in [-0.25, -0.2) is 14.8 Å². The summed E-state index contributed by atoms with van der Waals surface area (Å²) < 4.78 is 0. The normalized spacial score (nSPS) is 22.8. The lowest BCUT2D eigenvalue weighted by atomic mass is 10.0. The van der Waals surface area contributed by atoms with Crippen molar-refractivity contribution in [2.45, 2.75) is 63.3 Å². The van der Waals surface area contributed by atoms with Gasteiger partial charge < -0.3 is 20.4 Å². The van der Waals surface area contributed by atoms with Gasteiger partial charge in [0.2, 0.25) is 0 Å². The summed E-state index contributed by atoms with van der Waals surface area (Å²) in [4.78, 5) is 38.5. The topological polar surface area (TPSA) is 90.5 Å². The number of hydrogen-bond acceptors (Lipinski definition) is 5. The van der Waals surface area contributed by atoms with E-state index in [9.17, 15) is 9.59 Å². The average Bonchev–Trinajstić information content (AvgIpc) is 3.60. The van der Waals surface area contributed by atoms with E-state index in [1.807, 2.05) is 9.80 Å². The van der Waals surface area contributed by atoms with Crippen LogP contribution in [0, 0.1) is 0 Å². The lowest BCUT2D eigenvalue weighted by Gasteiger charge is -2.37. The lowest BCUT2D eigenvalue weighted by Crippen LogP contribution is -2.50. The molecule has 8 nitrogen and oxygen atoms in total. The first-order valence-electron chi connectivity index (χ1n) is 11.2. The third-order valence-corrected chi connectivity index (χ3v) is 6.58. The zero-order valence-electron chi connectivity index (χ0n) is 17.0. The van der Waals surface area contributed by atoms with E-state index in [1.165, 1.54) is 6.42 Å². The Bertz CT molecular complexity index is 795. The van der Waals surface area contributed by atoms with Gasteiger partial charge in [0.05, 0.1) is 0 Å². The minimum absolute atomic E-state index is 0.0828. The summed E-state index contributed by atoms with van der Waals surface area (Å²) in [6.45, 7) is 3.98. The quantitative estimate of drug-likeness (QED) is 0.814. The molecule has 1 aromatic heterocycles. The van der Waals surface area contributed by atoms with E-state index < -0.39 is 0 Å². The van der Waals surface area contributed by atoms with Crippen molar-refractivity contribution in [2.24, 2.45) is 0 Å². The first-order chi connectivity index (χ1) is 14.2. The molecule has 1 aromatic rings. The van der Waals surface area contributed by atoms with Crippen molar-refractivity contribution in [2.75, 3.05) is 38.0 Å². The summed E-state index contributed by atoms with van der Waals surface area (Å²) in [5.41, 5.74) is 1.50. The second kappa shape index (κ2) is 7.80. The molecule has 0 bridgehead atoms. The summed E-state index contributed by atoms with van der Waals surface area (Å²) in [6.07, 6.45) is 8.28. The van der Waals surface area contributed by atoms with E-state index >= 15 is 0 Å². The number of likely N-dealkylation sites (tertiary alicyclic amines) is 2. The Morgan fingerprint density at radius 2 is 1.69 bits per heavy atom.